The fourth-order valence-electron chi connectivity index (χ4n) is 5.53. The largest absolute Gasteiger partial charge is 0.309 e. The number of thiophene rings is 1. The second kappa shape index (κ2) is 6.69. The molecule has 158 valence electrons. The van der Waals surface area contributed by atoms with Gasteiger partial charge < -0.3 is 4.57 Å². The summed E-state index contributed by atoms with van der Waals surface area (Å²) >= 11 is 1.88. The lowest BCUT2D eigenvalue weighted by atomic mass is 10.0. The molecule has 0 saturated heterocycles. The molecule has 0 bridgehead atoms. The van der Waals surface area contributed by atoms with Gasteiger partial charge in [-0.1, -0.05) is 66.7 Å². The van der Waals surface area contributed by atoms with Crippen LogP contribution in [0.5, 0.6) is 0 Å². The summed E-state index contributed by atoms with van der Waals surface area (Å²) < 4.78 is 5.13. The van der Waals surface area contributed by atoms with Crippen LogP contribution in [0, 0.1) is 0 Å². The molecule has 0 aliphatic rings. The summed E-state index contributed by atoms with van der Waals surface area (Å²) in [7, 11) is 0. The van der Waals surface area contributed by atoms with Crippen molar-refractivity contribution in [2.45, 2.75) is 0 Å². The highest BCUT2D eigenvalue weighted by Gasteiger charge is 2.14. The molecule has 2 aromatic heterocycles. The van der Waals surface area contributed by atoms with Crippen molar-refractivity contribution in [2.75, 3.05) is 0 Å². The summed E-state index contributed by atoms with van der Waals surface area (Å²) in [5, 5.41) is 10.4. The number of rotatable bonds is 1. The van der Waals surface area contributed by atoms with Gasteiger partial charge in [0.2, 0.25) is 0 Å². The highest BCUT2D eigenvalue weighted by atomic mass is 32.1. The van der Waals surface area contributed by atoms with E-state index in [1.165, 1.54) is 69.2 Å². The molecule has 0 aliphatic carbocycles. The van der Waals surface area contributed by atoms with Gasteiger partial charge in [0.25, 0.3) is 0 Å². The molecule has 0 spiro atoms. The number of aromatic nitrogens is 1. The average molecular weight is 450 g/mol. The maximum Gasteiger partial charge on any atom is 0.0547 e. The standard InChI is InChI=1S/C32H19NS/c1-2-8-21-15-24(14-13-20(21)7-1)33-29-11-5-3-9-25(29)27-16-23-19-32-28(17-22(23)18-30(27)33)26-10-4-6-12-31(26)34-32/h1-19H. The SMILES string of the molecule is c1ccc2cc(-n3c4ccccc4c4cc5cc6sc7ccccc7c6cc5cc43)ccc2c1. The van der Waals surface area contributed by atoms with E-state index in [1.54, 1.807) is 0 Å². The zero-order valence-electron chi connectivity index (χ0n) is 18.3. The van der Waals surface area contributed by atoms with Crippen LogP contribution in [0.15, 0.2) is 115 Å². The van der Waals surface area contributed by atoms with E-state index in [1.807, 2.05) is 11.3 Å². The number of hydrogen-bond donors (Lipinski definition) is 0. The summed E-state index contributed by atoms with van der Waals surface area (Å²) in [6.07, 6.45) is 0. The van der Waals surface area contributed by atoms with Crippen LogP contribution in [0.1, 0.15) is 0 Å². The normalized spacial score (nSPS) is 12.1. The van der Waals surface area contributed by atoms with Gasteiger partial charge in [-0.3, -0.25) is 0 Å². The molecule has 2 heterocycles. The molecule has 6 aromatic carbocycles. The van der Waals surface area contributed by atoms with Crippen molar-refractivity contribution in [3.05, 3.63) is 115 Å². The molecule has 34 heavy (non-hydrogen) atoms. The Morgan fingerprint density at radius 3 is 2.09 bits per heavy atom. The van der Waals surface area contributed by atoms with E-state index in [4.69, 9.17) is 0 Å². The quantitative estimate of drug-likeness (QED) is 0.235. The zero-order chi connectivity index (χ0) is 22.2. The van der Waals surface area contributed by atoms with Crippen LogP contribution in [-0.2, 0) is 0 Å². The van der Waals surface area contributed by atoms with Gasteiger partial charge >= 0.3 is 0 Å². The fourth-order valence-corrected chi connectivity index (χ4v) is 6.67. The first-order valence-corrected chi connectivity index (χ1v) is 12.4. The molecule has 0 N–H and O–H groups in total. The average Bonchev–Trinajstić information content (AvgIpc) is 3.40. The summed E-state index contributed by atoms with van der Waals surface area (Å²) in [5.74, 6) is 0. The minimum absolute atomic E-state index is 1.20. The molecular formula is C32H19NS. The molecule has 0 saturated carbocycles. The lowest BCUT2D eigenvalue weighted by Crippen LogP contribution is -1.93. The van der Waals surface area contributed by atoms with E-state index in [-0.39, 0.29) is 0 Å². The number of para-hydroxylation sites is 1. The van der Waals surface area contributed by atoms with E-state index in [0.717, 1.165) is 0 Å². The molecule has 1 nitrogen and oxygen atoms in total. The van der Waals surface area contributed by atoms with Crippen LogP contribution >= 0.6 is 11.3 Å². The molecule has 0 amide bonds. The van der Waals surface area contributed by atoms with E-state index in [9.17, 15) is 0 Å². The first kappa shape index (κ1) is 18.3. The van der Waals surface area contributed by atoms with Crippen LogP contribution in [0.2, 0.25) is 0 Å². The Morgan fingerprint density at radius 2 is 1.15 bits per heavy atom. The smallest absolute Gasteiger partial charge is 0.0547 e. The lowest BCUT2D eigenvalue weighted by molar-refractivity contribution is 1.19. The van der Waals surface area contributed by atoms with Gasteiger partial charge in [-0.2, -0.15) is 0 Å². The molecule has 0 unspecified atom stereocenters. The number of hydrogen-bond acceptors (Lipinski definition) is 1. The summed E-state index contributed by atoms with van der Waals surface area (Å²) in [5.41, 5.74) is 3.70. The highest BCUT2D eigenvalue weighted by molar-refractivity contribution is 7.25. The Bertz CT molecular complexity index is 2070. The first-order chi connectivity index (χ1) is 16.8. The van der Waals surface area contributed by atoms with Crippen LogP contribution in [0.4, 0.5) is 0 Å². The molecule has 0 atom stereocenters. The van der Waals surface area contributed by atoms with Gasteiger partial charge in [0, 0.05) is 36.6 Å². The third kappa shape index (κ3) is 2.49. The topological polar surface area (TPSA) is 4.93 Å². The van der Waals surface area contributed by atoms with Crippen LogP contribution in [-0.4, -0.2) is 4.57 Å². The van der Waals surface area contributed by atoms with E-state index in [0.29, 0.717) is 0 Å². The molecule has 0 radical (unpaired) electrons. The third-order valence-corrected chi connectivity index (χ3v) is 8.25. The second-order valence-corrected chi connectivity index (χ2v) is 10.1. The predicted molar refractivity (Wildman–Crippen MR) is 149 cm³/mol. The number of nitrogens with zero attached hydrogens (tertiary/aromatic N) is 1. The van der Waals surface area contributed by atoms with Crippen molar-refractivity contribution in [1.29, 1.82) is 0 Å². The van der Waals surface area contributed by atoms with Gasteiger partial charge in [0.05, 0.1) is 11.0 Å². The Hall–Kier alpha value is -4.14. The molecule has 0 aliphatic heterocycles. The molecule has 8 aromatic rings. The Morgan fingerprint density at radius 1 is 0.412 bits per heavy atom. The van der Waals surface area contributed by atoms with Crippen molar-refractivity contribution >= 4 is 74.9 Å². The van der Waals surface area contributed by atoms with Crippen LogP contribution in [0.25, 0.3) is 69.2 Å². The Labute approximate surface area is 200 Å². The van der Waals surface area contributed by atoms with Crippen molar-refractivity contribution in [1.82, 2.24) is 4.57 Å². The molecule has 2 heteroatoms. The fraction of sp³-hybridized carbons (Fsp3) is 0. The van der Waals surface area contributed by atoms with Crippen molar-refractivity contribution in [2.24, 2.45) is 0 Å². The monoisotopic (exact) mass is 449 g/mol. The zero-order valence-corrected chi connectivity index (χ0v) is 19.1. The lowest BCUT2D eigenvalue weighted by Gasteiger charge is -2.10. The van der Waals surface area contributed by atoms with Crippen LogP contribution in [0.3, 0.4) is 0 Å². The number of benzene rings is 6. The summed E-state index contributed by atoms with van der Waals surface area (Å²) in [6, 6.07) is 42.4. The second-order valence-electron chi connectivity index (χ2n) is 9.05. The van der Waals surface area contributed by atoms with Crippen molar-refractivity contribution < 1.29 is 0 Å². The summed E-state index contributed by atoms with van der Waals surface area (Å²) in [4.78, 5) is 0. The van der Waals surface area contributed by atoms with E-state index < -0.39 is 0 Å². The van der Waals surface area contributed by atoms with Crippen molar-refractivity contribution in [3.8, 4) is 5.69 Å². The first-order valence-electron chi connectivity index (χ1n) is 11.6. The molecule has 0 fully saturated rings. The molecule has 8 rings (SSSR count). The molecular weight excluding hydrogens is 430 g/mol. The Balaban J connectivity index is 1.51. The minimum atomic E-state index is 1.20. The van der Waals surface area contributed by atoms with E-state index >= 15 is 0 Å². The number of fused-ring (bicyclic) bond motifs is 8. The van der Waals surface area contributed by atoms with Gasteiger partial charge in [-0.25, -0.2) is 0 Å². The third-order valence-electron chi connectivity index (χ3n) is 7.12. The van der Waals surface area contributed by atoms with Gasteiger partial charge in [0.1, 0.15) is 0 Å². The summed E-state index contributed by atoms with van der Waals surface area (Å²) in [6.45, 7) is 0. The maximum absolute atomic E-state index is 2.42. The van der Waals surface area contributed by atoms with Gasteiger partial charge in [-0.05, 0) is 70.1 Å². The maximum atomic E-state index is 2.42. The predicted octanol–water partition coefficient (Wildman–Crippen LogP) is 9.46. The van der Waals surface area contributed by atoms with Gasteiger partial charge in [0.15, 0.2) is 0 Å². The van der Waals surface area contributed by atoms with Crippen LogP contribution < -0.4 is 0 Å². The minimum Gasteiger partial charge on any atom is -0.309 e. The van der Waals surface area contributed by atoms with E-state index in [2.05, 4.69) is 120 Å². The highest BCUT2D eigenvalue weighted by Crippen LogP contribution is 2.40. The Kier molecular flexibility index (Phi) is 3.60. The van der Waals surface area contributed by atoms with Crippen molar-refractivity contribution in [3.63, 3.8) is 0 Å². The van der Waals surface area contributed by atoms with Gasteiger partial charge in [-0.15, -0.1) is 11.3 Å².